The van der Waals surface area contributed by atoms with Crippen LogP contribution in [0.4, 0.5) is 0 Å². The van der Waals surface area contributed by atoms with E-state index in [0.717, 1.165) is 10.9 Å². The van der Waals surface area contributed by atoms with Crippen molar-refractivity contribution in [2.24, 2.45) is 5.73 Å². The highest BCUT2D eigenvalue weighted by Gasteiger charge is 2.00. The third kappa shape index (κ3) is 3.09. The topological polar surface area (TPSA) is 43.1 Å². The van der Waals surface area contributed by atoms with Gasteiger partial charge >= 0.3 is 0 Å². The van der Waals surface area contributed by atoms with Gasteiger partial charge in [0.1, 0.15) is 0 Å². The quantitative estimate of drug-likeness (QED) is 0.661. The van der Waals surface area contributed by atoms with Gasteiger partial charge < -0.3 is 5.73 Å². The van der Waals surface area contributed by atoms with Crippen molar-refractivity contribution in [1.29, 1.82) is 0 Å². The van der Waals surface area contributed by atoms with Crippen LogP contribution in [0.5, 0.6) is 0 Å². The molecular formula is C11H12BrNO. The van der Waals surface area contributed by atoms with E-state index in [1.54, 1.807) is 12.1 Å². The Kier molecular flexibility index (Phi) is 4.56. The van der Waals surface area contributed by atoms with Gasteiger partial charge in [0.05, 0.1) is 6.54 Å². The van der Waals surface area contributed by atoms with Gasteiger partial charge in [-0.1, -0.05) is 52.3 Å². The molecule has 0 saturated carbocycles. The molecule has 0 aliphatic rings. The van der Waals surface area contributed by atoms with Crippen molar-refractivity contribution in [2.45, 2.75) is 0 Å². The van der Waals surface area contributed by atoms with E-state index in [1.165, 1.54) is 0 Å². The van der Waals surface area contributed by atoms with Crippen LogP contribution in [0.3, 0.4) is 0 Å². The number of alkyl halides is 1. The van der Waals surface area contributed by atoms with E-state index in [2.05, 4.69) is 15.9 Å². The average Bonchev–Trinajstić information content (AvgIpc) is 2.26. The van der Waals surface area contributed by atoms with E-state index in [1.807, 2.05) is 24.3 Å². The van der Waals surface area contributed by atoms with Crippen LogP contribution < -0.4 is 5.73 Å². The predicted molar refractivity (Wildman–Crippen MR) is 62.7 cm³/mol. The molecule has 0 heterocycles. The maximum Gasteiger partial charge on any atom is 0.176 e. The minimum absolute atomic E-state index is 0.0268. The van der Waals surface area contributed by atoms with Crippen LogP contribution in [0.15, 0.2) is 30.3 Å². The number of hydrogen-bond donors (Lipinski definition) is 1. The summed E-state index contributed by atoms with van der Waals surface area (Å²) >= 11 is 3.30. The van der Waals surface area contributed by atoms with E-state index in [0.29, 0.717) is 5.56 Å². The van der Waals surface area contributed by atoms with Gasteiger partial charge in [0, 0.05) is 10.9 Å². The minimum atomic E-state index is -0.0268. The summed E-state index contributed by atoms with van der Waals surface area (Å²) < 4.78 is 0. The average molecular weight is 254 g/mol. The molecular weight excluding hydrogens is 242 g/mol. The van der Waals surface area contributed by atoms with E-state index in [9.17, 15) is 4.79 Å². The Labute approximate surface area is 91.9 Å². The molecule has 0 amide bonds. The Morgan fingerprint density at radius 3 is 2.50 bits per heavy atom. The van der Waals surface area contributed by atoms with Crippen molar-refractivity contribution in [3.63, 3.8) is 0 Å². The molecule has 1 aromatic rings. The SMILES string of the molecule is NCC(=O)c1ccc(C=CCBr)cc1. The van der Waals surface area contributed by atoms with Crippen molar-refractivity contribution in [3.05, 3.63) is 41.5 Å². The summed E-state index contributed by atoms with van der Waals surface area (Å²) in [6.45, 7) is 0.0661. The second-order valence-corrected chi connectivity index (χ2v) is 3.45. The lowest BCUT2D eigenvalue weighted by molar-refractivity contribution is 0.100. The minimum Gasteiger partial charge on any atom is -0.324 e. The van der Waals surface area contributed by atoms with Gasteiger partial charge in [-0.15, -0.1) is 0 Å². The van der Waals surface area contributed by atoms with Crippen LogP contribution in [-0.4, -0.2) is 17.7 Å². The molecule has 0 fully saturated rings. The fraction of sp³-hybridized carbons (Fsp3) is 0.182. The summed E-state index contributed by atoms with van der Waals surface area (Å²) in [6.07, 6.45) is 3.99. The molecule has 0 unspecified atom stereocenters. The number of ketones is 1. The first-order chi connectivity index (χ1) is 6.77. The lowest BCUT2D eigenvalue weighted by atomic mass is 10.1. The molecule has 0 saturated heterocycles. The van der Waals surface area contributed by atoms with E-state index < -0.39 is 0 Å². The van der Waals surface area contributed by atoms with Crippen molar-refractivity contribution in [1.82, 2.24) is 0 Å². The number of carbonyl (C=O) groups excluding carboxylic acids is 1. The number of allylic oxidation sites excluding steroid dienone is 1. The normalized spacial score (nSPS) is 10.7. The van der Waals surface area contributed by atoms with Gasteiger partial charge in [0.2, 0.25) is 0 Å². The first kappa shape index (κ1) is 11.1. The summed E-state index contributed by atoms with van der Waals surface area (Å²) in [7, 11) is 0. The van der Waals surface area contributed by atoms with Gasteiger partial charge in [-0.3, -0.25) is 4.79 Å². The Balaban J connectivity index is 2.78. The van der Waals surface area contributed by atoms with Crippen molar-refractivity contribution in [2.75, 3.05) is 11.9 Å². The van der Waals surface area contributed by atoms with E-state index in [4.69, 9.17) is 5.73 Å². The zero-order valence-corrected chi connectivity index (χ0v) is 9.33. The van der Waals surface area contributed by atoms with Crippen molar-refractivity contribution >= 4 is 27.8 Å². The number of hydrogen-bond acceptors (Lipinski definition) is 2. The summed E-state index contributed by atoms with van der Waals surface area (Å²) in [5.41, 5.74) is 7.00. The Bertz CT molecular complexity index is 330. The standard InChI is InChI=1S/C11H12BrNO/c12-7-1-2-9-3-5-10(6-4-9)11(14)8-13/h1-6H,7-8,13H2. The monoisotopic (exact) mass is 253 g/mol. The second kappa shape index (κ2) is 5.73. The highest BCUT2D eigenvalue weighted by molar-refractivity contribution is 9.09. The molecule has 1 aromatic carbocycles. The zero-order valence-electron chi connectivity index (χ0n) is 7.74. The van der Waals surface area contributed by atoms with Crippen LogP contribution in [0.25, 0.3) is 6.08 Å². The van der Waals surface area contributed by atoms with Crippen LogP contribution in [0.1, 0.15) is 15.9 Å². The molecule has 0 aromatic heterocycles. The third-order valence-electron chi connectivity index (χ3n) is 1.82. The molecule has 74 valence electrons. The molecule has 3 heteroatoms. The Morgan fingerprint density at radius 2 is 2.00 bits per heavy atom. The van der Waals surface area contributed by atoms with Crippen LogP contribution in [-0.2, 0) is 0 Å². The van der Waals surface area contributed by atoms with Gasteiger partial charge in [0.15, 0.2) is 5.78 Å². The summed E-state index contributed by atoms with van der Waals surface area (Å²) in [6, 6.07) is 7.40. The van der Waals surface area contributed by atoms with Gasteiger partial charge in [-0.05, 0) is 5.56 Å². The maximum absolute atomic E-state index is 11.2. The lowest BCUT2D eigenvalue weighted by Crippen LogP contribution is -2.13. The number of carbonyl (C=O) groups is 1. The number of halogens is 1. The fourth-order valence-electron chi connectivity index (χ4n) is 1.08. The van der Waals surface area contributed by atoms with Crippen molar-refractivity contribution in [3.8, 4) is 0 Å². The summed E-state index contributed by atoms with van der Waals surface area (Å²) in [5.74, 6) is -0.0268. The van der Waals surface area contributed by atoms with Gasteiger partial charge in [-0.2, -0.15) is 0 Å². The third-order valence-corrected chi connectivity index (χ3v) is 2.19. The van der Waals surface area contributed by atoms with Crippen molar-refractivity contribution < 1.29 is 4.79 Å². The second-order valence-electron chi connectivity index (χ2n) is 2.81. The Morgan fingerprint density at radius 1 is 1.36 bits per heavy atom. The largest absolute Gasteiger partial charge is 0.324 e. The summed E-state index contributed by atoms with van der Waals surface area (Å²) in [4.78, 5) is 11.2. The molecule has 1 rings (SSSR count). The van der Waals surface area contributed by atoms with Gasteiger partial charge in [-0.25, -0.2) is 0 Å². The number of rotatable bonds is 4. The lowest BCUT2D eigenvalue weighted by Gasteiger charge is -1.98. The van der Waals surface area contributed by atoms with E-state index >= 15 is 0 Å². The first-order valence-corrected chi connectivity index (χ1v) is 5.46. The molecule has 2 nitrogen and oxygen atoms in total. The summed E-state index contributed by atoms with van der Waals surface area (Å²) in [5, 5.41) is 0.830. The van der Waals surface area contributed by atoms with Crippen LogP contribution in [0, 0.1) is 0 Å². The zero-order chi connectivity index (χ0) is 10.4. The van der Waals surface area contributed by atoms with Gasteiger partial charge in [0.25, 0.3) is 0 Å². The van der Waals surface area contributed by atoms with E-state index in [-0.39, 0.29) is 12.3 Å². The number of benzene rings is 1. The molecule has 0 aliphatic carbocycles. The number of Topliss-reactive ketones (excluding diaryl/α,β-unsaturated/α-hetero) is 1. The molecule has 14 heavy (non-hydrogen) atoms. The van der Waals surface area contributed by atoms with Crippen LogP contribution in [0.2, 0.25) is 0 Å². The first-order valence-electron chi connectivity index (χ1n) is 4.33. The molecule has 2 N–H and O–H groups in total. The smallest absolute Gasteiger partial charge is 0.176 e. The molecule has 0 bridgehead atoms. The molecule has 0 atom stereocenters. The Hall–Kier alpha value is -0.930. The number of nitrogens with two attached hydrogens (primary N) is 1. The van der Waals surface area contributed by atoms with Crippen LogP contribution >= 0.6 is 15.9 Å². The highest BCUT2D eigenvalue weighted by Crippen LogP contribution is 2.06. The fourth-order valence-corrected chi connectivity index (χ4v) is 1.27. The maximum atomic E-state index is 11.2. The molecule has 0 aliphatic heterocycles. The molecule has 0 spiro atoms. The molecule has 0 radical (unpaired) electrons. The highest BCUT2D eigenvalue weighted by atomic mass is 79.9. The predicted octanol–water partition coefficient (Wildman–Crippen LogP) is 2.24.